The Morgan fingerprint density at radius 1 is 1.24 bits per heavy atom. The summed E-state index contributed by atoms with van der Waals surface area (Å²) in [6.07, 6.45) is 10.8. The molecule has 1 N–H and O–H groups in total. The molecule has 0 spiro atoms. The van der Waals surface area contributed by atoms with Crippen LogP contribution in [-0.2, 0) is 9.53 Å². The molecule has 1 rings (SSSR count). The van der Waals surface area contributed by atoms with Crippen LogP contribution in [0.15, 0.2) is 0 Å². The summed E-state index contributed by atoms with van der Waals surface area (Å²) < 4.78 is 4.51. The van der Waals surface area contributed by atoms with E-state index in [1.165, 1.54) is 52.1 Å². The van der Waals surface area contributed by atoms with Crippen molar-refractivity contribution in [1.82, 2.24) is 0 Å². The van der Waals surface area contributed by atoms with Gasteiger partial charge in [-0.1, -0.05) is 51.4 Å². The van der Waals surface area contributed by atoms with Crippen molar-refractivity contribution in [3.63, 3.8) is 0 Å². The Hall–Kier alpha value is -0.570. The highest BCUT2D eigenvalue weighted by atomic mass is 16.5. The molecule has 1 atom stereocenters. The normalized spacial score (nSPS) is 16.8. The number of carbonyl (C=O) groups is 1. The molecular formula is C14H26O3. The number of hydrogen-bond donors (Lipinski definition) is 1. The first-order valence-corrected chi connectivity index (χ1v) is 6.97. The summed E-state index contributed by atoms with van der Waals surface area (Å²) in [5, 5.41) is 9.53. The second-order valence-corrected chi connectivity index (χ2v) is 5.22. The lowest BCUT2D eigenvalue weighted by atomic mass is 10.0. The maximum atomic E-state index is 10.9. The van der Waals surface area contributed by atoms with E-state index in [9.17, 15) is 9.90 Å². The van der Waals surface area contributed by atoms with Gasteiger partial charge in [-0.15, -0.1) is 0 Å². The van der Waals surface area contributed by atoms with Gasteiger partial charge in [0.15, 0.2) is 0 Å². The van der Waals surface area contributed by atoms with Crippen LogP contribution < -0.4 is 0 Å². The predicted octanol–water partition coefficient (Wildman–Crippen LogP) is 3.05. The minimum absolute atomic E-state index is 0.137. The average molecular weight is 242 g/mol. The van der Waals surface area contributed by atoms with Crippen molar-refractivity contribution < 1.29 is 14.6 Å². The zero-order valence-corrected chi connectivity index (χ0v) is 11.0. The van der Waals surface area contributed by atoms with E-state index < -0.39 is 6.10 Å². The largest absolute Gasteiger partial charge is 0.469 e. The van der Waals surface area contributed by atoms with Gasteiger partial charge in [-0.05, 0) is 12.3 Å². The van der Waals surface area contributed by atoms with Gasteiger partial charge in [0.25, 0.3) is 0 Å². The molecular weight excluding hydrogens is 216 g/mol. The van der Waals surface area contributed by atoms with E-state index in [1.54, 1.807) is 0 Å². The fraction of sp³-hybridized carbons (Fsp3) is 0.929. The van der Waals surface area contributed by atoms with E-state index in [0.29, 0.717) is 0 Å². The Morgan fingerprint density at radius 3 is 2.53 bits per heavy atom. The smallest absolute Gasteiger partial charge is 0.308 e. The fourth-order valence-corrected chi connectivity index (χ4v) is 2.13. The van der Waals surface area contributed by atoms with Crippen LogP contribution in [-0.4, -0.2) is 24.3 Å². The highest BCUT2D eigenvalue weighted by molar-refractivity contribution is 5.69. The molecule has 0 aromatic carbocycles. The fourth-order valence-electron chi connectivity index (χ4n) is 2.13. The van der Waals surface area contributed by atoms with Crippen molar-refractivity contribution in [1.29, 1.82) is 0 Å². The van der Waals surface area contributed by atoms with Crippen molar-refractivity contribution >= 4 is 5.97 Å². The molecule has 0 radical (unpaired) electrons. The number of aliphatic hydroxyl groups is 1. The molecule has 1 aliphatic rings. The van der Waals surface area contributed by atoms with Crippen LogP contribution in [0.4, 0.5) is 0 Å². The van der Waals surface area contributed by atoms with Crippen LogP contribution in [0, 0.1) is 5.92 Å². The van der Waals surface area contributed by atoms with Gasteiger partial charge in [-0.2, -0.15) is 0 Å². The minimum atomic E-state index is -0.520. The maximum Gasteiger partial charge on any atom is 0.308 e. The molecule has 3 heteroatoms. The van der Waals surface area contributed by atoms with Gasteiger partial charge < -0.3 is 9.84 Å². The molecule has 17 heavy (non-hydrogen) atoms. The number of aliphatic hydroxyl groups excluding tert-OH is 1. The Balaban J connectivity index is 1.80. The molecule has 1 fully saturated rings. The molecule has 0 aliphatic heterocycles. The lowest BCUT2D eigenvalue weighted by Crippen LogP contribution is -2.14. The van der Waals surface area contributed by atoms with Gasteiger partial charge >= 0.3 is 5.97 Å². The Morgan fingerprint density at radius 2 is 1.88 bits per heavy atom. The number of methoxy groups -OCH3 is 1. The summed E-state index contributed by atoms with van der Waals surface area (Å²) in [5.74, 6) is 0.735. The van der Waals surface area contributed by atoms with Crippen molar-refractivity contribution in [2.75, 3.05) is 7.11 Å². The second kappa shape index (κ2) is 8.51. The summed E-state index contributed by atoms with van der Waals surface area (Å²) in [6, 6.07) is 0. The Kier molecular flexibility index (Phi) is 7.25. The molecule has 0 aromatic heterocycles. The van der Waals surface area contributed by atoms with E-state index in [4.69, 9.17) is 0 Å². The van der Waals surface area contributed by atoms with Crippen LogP contribution in [0.5, 0.6) is 0 Å². The highest BCUT2D eigenvalue weighted by Crippen LogP contribution is 2.34. The third-order valence-electron chi connectivity index (χ3n) is 3.48. The van der Waals surface area contributed by atoms with E-state index >= 15 is 0 Å². The van der Waals surface area contributed by atoms with E-state index in [0.717, 1.165) is 18.8 Å². The minimum Gasteiger partial charge on any atom is -0.469 e. The van der Waals surface area contributed by atoms with Crippen molar-refractivity contribution in [2.45, 2.75) is 70.3 Å². The van der Waals surface area contributed by atoms with Crippen molar-refractivity contribution in [3.05, 3.63) is 0 Å². The Bertz CT molecular complexity index is 212. The number of hydrogen-bond acceptors (Lipinski definition) is 3. The molecule has 3 nitrogen and oxygen atoms in total. The van der Waals surface area contributed by atoms with Crippen LogP contribution in [0.2, 0.25) is 0 Å². The number of rotatable bonds is 10. The van der Waals surface area contributed by atoms with Crippen molar-refractivity contribution in [2.24, 2.45) is 5.92 Å². The molecule has 1 aliphatic carbocycles. The number of carbonyl (C=O) groups excluding carboxylic acids is 1. The van der Waals surface area contributed by atoms with Gasteiger partial charge in [0.1, 0.15) is 0 Å². The Labute approximate surface area is 105 Å². The lowest BCUT2D eigenvalue weighted by Gasteiger charge is -2.08. The molecule has 0 amide bonds. The summed E-state index contributed by atoms with van der Waals surface area (Å²) in [5.41, 5.74) is 0. The molecule has 1 saturated carbocycles. The standard InChI is InChI=1S/C14H26O3/c1-17-14(16)11-13(15)8-6-4-2-3-5-7-12-9-10-12/h12-13,15H,2-11H2,1H3. The zero-order chi connectivity index (χ0) is 12.5. The van der Waals surface area contributed by atoms with Gasteiger partial charge in [0, 0.05) is 0 Å². The quantitative estimate of drug-likeness (QED) is 0.473. The molecule has 1 unspecified atom stereocenters. The average Bonchev–Trinajstić information content (AvgIpc) is 3.11. The molecule has 0 bridgehead atoms. The van der Waals surface area contributed by atoms with Crippen molar-refractivity contribution in [3.8, 4) is 0 Å². The number of esters is 1. The van der Waals surface area contributed by atoms with Gasteiger partial charge in [-0.3, -0.25) is 4.79 Å². The number of ether oxygens (including phenoxy) is 1. The summed E-state index contributed by atoms with van der Waals surface area (Å²) in [6.45, 7) is 0. The zero-order valence-electron chi connectivity index (χ0n) is 11.0. The topological polar surface area (TPSA) is 46.5 Å². The van der Waals surface area contributed by atoms with Gasteiger partial charge in [0.05, 0.1) is 19.6 Å². The van der Waals surface area contributed by atoms with Gasteiger partial charge in [-0.25, -0.2) is 0 Å². The third kappa shape index (κ3) is 8.19. The van der Waals surface area contributed by atoms with E-state index in [2.05, 4.69) is 4.74 Å². The maximum absolute atomic E-state index is 10.9. The summed E-state index contributed by atoms with van der Waals surface area (Å²) in [4.78, 5) is 10.9. The summed E-state index contributed by atoms with van der Waals surface area (Å²) in [7, 11) is 1.36. The van der Waals surface area contributed by atoms with E-state index in [-0.39, 0.29) is 12.4 Å². The van der Waals surface area contributed by atoms with Crippen LogP contribution in [0.3, 0.4) is 0 Å². The first-order valence-electron chi connectivity index (χ1n) is 6.97. The summed E-state index contributed by atoms with van der Waals surface area (Å²) >= 11 is 0. The molecule has 0 heterocycles. The van der Waals surface area contributed by atoms with E-state index in [1.807, 2.05) is 0 Å². The van der Waals surface area contributed by atoms with Crippen LogP contribution in [0.25, 0.3) is 0 Å². The monoisotopic (exact) mass is 242 g/mol. The SMILES string of the molecule is COC(=O)CC(O)CCCCCCCC1CC1. The van der Waals surface area contributed by atoms with Crippen LogP contribution in [0.1, 0.15) is 64.2 Å². The molecule has 0 aromatic rings. The molecule has 0 saturated heterocycles. The first kappa shape index (κ1) is 14.5. The van der Waals surface area contributed by atoms with Gasteiger partial charge in [0.2, 0.25) is 0 Å². The lowest BCUT2D eigenvalue weighted by molar-refractivity contribution is -0.142. The number of unbranched alkanes of at least 4 members (excludes halogenated alkanes) is 4. The third-order valence-corrected chi connectivity index (χ3v) is 3.48. The first-order chi connectivity index (χ1) is 8.22. The highest BCUT2D eigenvalue weighted by Gasteiger charge is 2.19. The molecule has 100 valence electrons. The van der Waals surface area contributed by atoms with Crippen LogP contribution >= 0.6 is 0 Å². The predicted molar refractivity (Wildman–Crippen MR) is 67.7 cm³/mol. The second-order valence-electron chi connectivity index (χ2n) is 5.22.